The first-order valence-corrected chi connectivity index (χ1v) is 5.14. The largest absolute Gasteiger partial charge is 0.396 e. The van der Waals surface area contributed by atoms with E-state index in [-0.39, 0.29) is 0 Å². The lowest BCUT2D eigenvalue weighted by atomic mass is 10.3. The highest BCUT2D eigenvalue weighted by atomic mass is 15.2. The molecule has 0 aliphatic carbocycles. The molecule has 0 aromatic carbocycles. The number of hydrogen-bond donors (Lipinski definition) is 3. The van der Waals surface area contributed by atoms with Crippen molar-refractivity contribution < 1.29 is 0 Å². The first-order chi connectivity index (χ1) is 7.86. The summed E-state index contributed by atoms with van der Waals surface area (Å²) in [6.07, 6.45) is 6.71. The maximum Gasteiger partial charge on any atom is 0.137 e. The van der Waals surface area contributed by atoms with Gasteiger partial charge in [-0.3, -0.25) is 10.1 Å². The Balaban J connectivity index is 1.74. The standard InChI is InChI=1S/C10H14N6/c11-8-6-12-5-3-9(8)13-4-1-2-10-14-7-15-16-10/h3,5-7H,1-2,4,11H2,(H,12,13)(H,14,15,16). The first kappa shape index (κ1) is 10.4. The van der Waals surface area contributed by atoms with Crippen molar-refractivity contribution >= 4 is 11.4 Å². The number of aromatic nitrogens is 4. The summed E-state index contributed by atoms with van der Waals surface area (Å²) in [7, 11) is 0. The molecule has 0 amide bonds. The molecule has 16 heavy (non-hydrogen) atoms. The molecule has 0 radical (unpaired) electrons. The number of H-pyrrole nitrogens is 1. The van der Waals surface area contributed by atoms with Crippen molar-refractivity contribution in [3.05, 3.63) is 30.6 Å². The average Bonchev–Trinajstić information content (AvgIpc) is 2.79. The number of aromatic amines is 1. The van der Waals surface area contributed by atoms with Crippen LogP contribution in [0.1, 0.15) is 12.2 Å². The number of nitrogens with two attached hydrogens (primary N) is 1. The maximum absolute atomic E-state index is 5.74. The molecule has 0 atom stereocenters. The molecule has 0 unspecified atom stereocenters. The van der Waals surface area contributed by atoms with Gasteiger partial charge in [-0.25, -0.2) is 4.98 Å². The highest BCUT2D eigenvalue weighted by Crippen LogP contribution is 2.14. The van der Waals surface area contributed by atoms with Crippen LogP contribution in [0, 0.1) is 0 Å². The Labute approximate surface area is 93.3 Å². The molecule has 0 fully saturated rings. The van der Waals surface area contributed by atoms with Crippen LogP contribution in [0.3, 0.4) is 0 Å². The number of rotatable bonds is 5. The molecular formula is C10H14N6. The summed E-state index contributed by atoms with van der Waals surface area (Å²) in [6, 6.07) is 1.86. The molecule has 2 aromatic heterocycles. The molecule has 4 N–H and O–H groups in total. The predicted octanol–water partition coefficient (Wildman–Crippen LogP) is 0.827. The van der Waals surface area contributed by atoms with Gasteiger partial charge in [0.05, 0.1) is 17.6 Å². The number of nitrogen functional groups attached to an aromatic ring is 1. The van der Waals surface area contributed by atoms with Gasteiger partial charge in [-0.2, -0.15) is 5.10 Å². The van der Waals surface area contributed by atoms with E-state index in [1.165, 1.54) is 6.33 Å². The molecule has 0 saturated heterocycles. The van der Waals surface area contributed by atoms with Crippen molar-refractivity contribution in [2.45, 2.75) is 12.8 Å². The molecule has 2 heterocycles. The smallest absolute Gasteiger partial charge is 0.137 e. The zero-order chi connectivity index (χ0) is 11.2. The maximum atomic E-state index is 5.74. The fraction of sp³-hybridized carbons (Fsp3) is 0.300. The fourth-order valence-corrected chi connectivity index (χ4v) is 1.40. The van der Waals surface area contributed by atoms with Crippen LogP contribution in [0.4, 0.5) is 11.4 Å². The zero-order valence-corrected chi connectivity index (χ0v) is 8.85. The number of nitrogens with one attached hydrogen (secondary N) is 2. The van der Waals surface area contributed by atoms with Crippen molar-refractivity contribution in [2.75, 3.05) is 17.6 Å². The van der Waals surface area contributed by atoms with Crippen LogP contribution in [-0.4, -0.2) is 26.7 Å². The van der Waals surface area contributed by atoms with Gasteiger partial charge in [0.15, 0.2) is 0 Å². The Morgan fingerprint density at radius 2 is 2.38 bits per heavy atom. The van der Waals surface area contributed by atoms with Crippen LogP contribution in [0.15, 0.2) is 24.8 Å². The van der Waals surface area contributed by atoms with E-state index in [9.17, 15) is 0 Å². The van der Waals surface area contributed by atoms with E-state index < -0.39 is 0 Å². The van der Waals surface area contributed by atoms with Gasteiger partial charge in [-0.05, 0) is 12.5 Å². The van der Waals surface area contributed by atoms with Gasteiger partial charge in [0.1, 0.15) is 12.2 Å². The summed E-state index contributed by atoms with van der Waals surface area (Å²) in [5.74, 6) is 0.907. The van der Waals surface area contributed by atoms with E-state index >= 15 is 0 Å². The van der Waals surface area contributed by atoms with Gasteiger partial charge < -0.3 is 11.1 Å². The average molecular weight is 218 g/mol. The molecule has 6 heteroatoms. The number of nitrogens with zero attached hydrogens (tertiary/aromatic N) is 3. The van der Waals surface area contributed by atoms with Crippen molar-refractivity contribution in [1.29, 1.82) is 0 Å². The van der Waals surface area contributed by atoms with Crippen LogP contribution in [0.25, 0.3) is 0 Å². The Morgan fingerprint density at radius 1 is 1.44 bits per heavy atom. The fourth-order valence-electron chi connectivity index (χ4n) is 1.40. The second-order valence-corrected chi connectivity index (χ2v) is 3.43. The predicted molar refractivity (Wildman–Crippen MR) is 61.8 cm³/mol. The van der Waals surface area contributed by atoms with Crippen molar-refractivity contribution in [1.82, 2.24) is 20.2 Å². The third-order valence-corrected chi connectivity index (χ3v) is 2.22. The summed E-state index contributed by atoms with van der Waals surface area (Å²) in [6.45, 7) is 0.842. The van der Waals surface area contributed by atoms with Crippen molar-refractivity contribution in [3.8, 4) is 0 Å². The minimum atomic E-state index is 0.669. The second-order valence-electron chi connectivity index (χ2n) is 3.43. The van der Waals surface area contributed by atoms with Gasteiger partial charge in [0.25, 0.3) is 0 Å². The number of hydrogen-bond acceptors (Lipinski definition) is 5. The van der Waals surface area contributed by atoms with E-state index in [2.05, 4.69) is 25.5 Å². The van der Waals surface area contributed by atoms with Crippen LogP contribution >= 0.6 is 0 Å². The monoisotopic (exact) mass is 218 g/mol. The summed E-state index contributed by atoms with van der Waals surface area (Å²) in [4.78, 5) is 7.97. The topological polar surface area (TPSA) is 92.5 Å². The minimum absolute atomic E-state index is 0.669. The summed E-state index contributed by atoms with van der Waals surface area (Å²) in [5, 5.41) is 9.86. The molecule has 0 aliphatic rings. The van der Waals surface area contributed by atoms with E-state index in [1.807, 2.05) is 6.07 Å². The number of anilines is 2. The van der Waals surface area contributed by atoms with Gasteiger partial charge in [0, 0.05) is 19.2 Å². The zero-order valence-electron chi connectivity index (χ0n) is 8.85. The normalized spacial score (nSPS) is 10.2. The molecule has 2 rings (SSSR count). The third kappa shape index (κ3) is 2.69. The van der Waals surface area contributed by atoms with Crippen LogP contribution in [0.2, 0.25) is 0 Å². The van der Waals surface area contributed by atoms with Gasteiger partial charge in [0.2, 0.25) is 0 Å². The Bertz CT molecular complexity index is 425. The van der Waals surface area contributed by atoms with Crippen molar-refractivity contribution in [3.63, 3.8) is 0 Å². The highest BCUT2D eigenvalue weighted by Gasteiger charge is 1.98. The van der Waals surface area contributed by atoms with E-state index in [0.29, 0.717) is 5.69 Å². The van der Waals surface area contributed by atoms with E-state index in [0.717, 1.165) is 30.9 Å². The number of aryl methyl sites for hydroxylation is 1. The minimum Gasteiger partial charge on any atom is -0.396 e. The molecule has 84 valence electrons. The lowest BCUT2D eigenvalue weighted by molar-refractivity contribution is 0.806. The van der Waals surface area contributed by atoms with E-state index in [1.54, 1.807) is 12.4 Å². The van der Waals surface area contributed by atoms with Crippen molar-refractivity contribution in [2.24, 2.45) is 0 Å². The SMILES string of the molecule is Nc1cnccc1NCCCc1ncn[nH]1. The molecule has 0 aliphatic heterocycles. The van der Waals surface area contributed by atoms with Crippen LogP contribution in [-0.2, 0) is 6.42 Å². The molecule has 0 saturated carbocycles. The molecular weight excluding hydrogens is 204 g/mol. The molecule has 0 bridgehead atoms. The second kappa shape index (κ2) is 5.11. The lowest BCUT2D eigenvalue weighted by Gasteiger charge is -2.07. The molecule has 2 aromatic rings. The Morgan fingerprint density at radius 3 is 3.12 bits per heavy atom. The van der Waals surface area contributed by atoms with Crippen LogP contribution < -0.4 is 11.1 Å². The van der Waals surface area contributed by atoms with E-state index in [4.69, 9.17) is 5.73 Å². The quantitative estimate of drug-likeness (QED) is 0.646. The third-order valence-electron chi connectivity index (χ3n) is 2.22. The van der Waals surface area contributed by atoms with Gasteiger partial charge >= 0.3 is 0 Å². The Hall–Kier alpha value is -2.11. The van der Waals surface area contributed by atoms with Gasteiger partial charge in [-0.15, -0.1) is 0 Å². The Kier molecular flexibility index (Phi) is 3.32. The molecule has 0 spiro atoms. The number of pyridine rings is 1. The summed E-state index contributed by atoms with van der Waals surface area (Å²) in [5.41, 5.74) is 7.34. The highest BCUT2D eigenvalue weighted by molar-refractivity contribution is 5.64. The molecule has 6 nitrogen and oxygen atoms in total. The summed E-state index contributed by atoms with van der Waals surface area (Å²) >= 11 is 0. The lowest BCUT2D eigenvalue weighted by Crippen LogP contribution is -2.06. The van der Waals surface area contributed by atoms with Gasteiger partial charge in [-0.1, -0.05) is 0 Å². The summed E-state index contributed by atoms with van der Waals surface area (Å²) < 4.78 is 0. The van der Waals surface area contributed by atoms with Crippen LogP contribution in [0.5, 0.6) is 0 Å². The first-order valence-electron chi connectivity index (χ1n) is 5.14.